The summed E-state index contributed by atoms with van der Waals surface area (Å²) >= 11 is 0. The number of aryl methyl sites for hydroxylation is 1. The van der Waals surface area contributed by atoms with Crippen molar-refractivity contribution in [1.29, 1.82) is 0 Å². The van der Waals surface area contributed by atoms with Crippen LogP contribution in [-0.4, -0.2) is 50.1 Å². The molecule has 4 rings (SSSR count). The summed E-state index contributed by atoms with van der Waals surface area (Å²) in [6.07, 6.45) is 1.55. The number of benzene rings is 2. The Morgan fingerprint density at radius 3 is 2.29 bits per heavy atom. The lowest BCUT2D eigenvalue weighted by atomic mass is 10.1. The van der Waals surface area contributed by atoms with E-state index in [0.29, 0.717) is 24.3 Å². The van der Waals surface area contributed by atoms with Gasteiger partial charge >= 0.3 is 5.69 Å². The van der Waals surface area contributed by atoms with Crippen molar-refractivity contribution < 1.29 is 4.79 Å². The zero-order chi connectivity index (χ0) is 24.9. The summed E-state index contributed by atoms with van der Waals surface area (Å²) in [6.45, 7) is 2.64. The molecule has 0 aliphatic heterocycles. The van der Waals surface area contributed by atoms with Crippen molar-refractivity contribution in [2.45, 2.75) is 32.6 Å². The molecular formula is C26H30N6O3. The van der Waals surface area contributed by atoms with Crippen LogP contribution < -0.4 is 16.6 Å². The average molecular weight is 475 g/mol. The number of rotatable bonds is 9. The molecule has 0 fully saturated rings. The molecular weight excluding hydrogens is 444 g/mol. The molecule has 2 heterocycles. The van der Waals surface area contributed by atoms with Gasteiger partial charge in [0.25, 0.3) is 5.56 Å². The van der Waals surface area contributed by atoms with E-state index in [-0.39, 0.29) is 19.1 Å². The lowest BCUT2D eigenvalue weighted by Crippen LogP contribution is -2.45. The van der Waals surface area contributed by atoms with Gasteiger partial charge in [-0.3, -0.25) is 14.2 Å². The predicted molar refractivity (Wildman–Crippen MR) is 135 cm³/mol. The van der Waals surface area contributed by atoms with Crippen LogP contribution in [0.2, 0.25) is 0 Å². The monoisotopic (exact) mass is 474 g/mol. The molecule has 9 nitrogen and oxygen atoms in total. The summed E-state index contributed by atoms with van der Waals surface area (Å²) in [5, 5.41) is 2.89. The molecule has 0 spiro atoms. The molecule has 0 radical (unpaired) electrons. The highest BCUT2D eigenvalue weighted by molar-refractivity contribution is 5.76. The lowest BCUT2D eigenvalue weighted by molar-refractivity contribution is -0.122. The third-order valence-corrected chi connectivity index (χ3v) is 6.11. The molecule has 0 saturated heterocycles. The summed E-state index contributed by atoms with van der Waals surface area (Å²) in [5.74, 6) is -0.403. The molecule has 0 saturated carbocycles. The number of imidazole rings is 1. The van der Waals surface area contributed by atoms with Gasteiger partial charge in [-0.25, -0.2) is 14.3 Å². The van der Waals surface area contributed by atoms with E-state index in [0.717, 1.165) is 15.7 Å². The Labute approximate surface area is 203 Å². The smallest absolute Gasteiger partial charge is 0.333 e. The Balaban J connectivity index is 1.65. The maximum absolute atomic E-state index is 13.4. The van der Waals surface area contributed by atoms with E-state index in [4.69, 9.17) is 0 Å². The highest BCUT2D eigenvalue weighted by Gasteiger charge is 2.21. The van der Waals surface area contributed by atoms with Crippen LogP contribution in [0.15, 0.2) is 76.6 Å². The first-order valence-electron chi connectivity index (χ1n) is 11.6. The first-order chi connectivity index (χ1) is 16.9. The molecule has 1 N–H and O–H groups in total. The van der Waals surface area contributed by atoms with Crippen molar-refractivity contribution >= 4 is 17.1 Å². The quantitative estimate of drug-likeness (QED) is 0.400. The summed E-state index contributed by atoms with van der Waals surface area (Å²) in [7, 11) is 3.88. The second-order valence-electron chi connectivity index (χ2n) is 8.64. The fraction of sp³-hybridized carbons (Fsp3) is 0.308. The third-order valence-electron chi connectivity index (χ3n) is 6.11. The largest absolute Gasteiger partial charge is 0.353 e. The minimum atomic E-state index is -0.560. The Hall–Kier alpha value is -3.98. The number of aromatic nitrogens is 4. The predicted octanol–water partition coefficient (Wildman–Crippen LogP) is 1.85. The van der Waals surface area contributed by atoms with E-state index in [1.165, 1.54) is 4.57 Å². The van der Waals surface area contributed by atoms with Crippen molar-refractivity contribution in [1.82, 2.24) is 28.9 Å². The van der Waals surface area contributed by atoms with E-state index in [1.54, 1.807) is 10.9 Å². The van der Waals surface area contributed by atoms with Gasteiger partial charge in [0, 0.05) is 13.1 Å². The number of likely N-dealkylation sites (N-methyl/N-ethyl adjacent to an activating group) is 1. The summed E-state index contributed by atoms with van der Waals surface area (Å²) in [4.78, 5) is 46.0. The molecule has 0 unspecified atom stereocenters. The summed E-state index contributed by atoms with van der Waals surface area (Å²) < 4.78 is 4.16. The van der Waals surface area contributed by atoms with Gasteiger partial charge in [0.15, 0.2) is 11.2 Å². The minimum absolute atomic E-state index is 0.0457. The van der Waals surface area contributed by atoms with E-state index < -0.39 is 17.2 Å². The Morgan fingerprint density at radius 1 is 1.00 bits per heavy atom. The van der Waals surface area contributed by atoms with Crippen LogP contribution in [-0.2, 0) is 24.4 Å². The van der Waals surface area contributed by atoms with Gasteiger partial charge in [-0.15, -0.1) is 0 Å². The van der Waals surface area contributed by atoms with E-state index in [2.05, 4.69) is 10.3 Å². The molecule has 2 aromatic heterocycles. The first-order valence-corrected chi connectivity index (χ1v) is 11.6. The number of carbonyl (C=O) groups excluding carboxylic acids is 1. The summed E-state index contributed by atoms with van der Waals surface area (Å²) in [6, 6.07) is 19.3. The van der Waals surface area contributed by atoms with Crippen LogP contribution in [0.4, 0.5) is 0 Å². The van der Waals surface area contributed by atoms with Gasteiger partial charge in [-0.1, -0.05) is 60.7 Å². The molecule has 0 bridgehead atoms. The number of hydrogen-bond acceptors (Lipinski definition) is 5. The maximum atomic E-state index is 13.4. The molecule has 1 amide bonds. The number of fused-ring (bicyclic) bond motifs is 1. The van der Waals surface area contributed by atoms with Crippen LogP contribution in [0, 0.1) is 0 Å². The van der Waals surface area contributed by atoms with Crippen LogP contribution in [0.5, 0.6) is 0 Å². The Bertz CT molecular complexity index is 1420. The first kappa shape index (κ1) is 24.2. The van der Waals surface area contributed by atoms with E-state index in [9.17, 15) is 14.4 Å². The van der Waals surface area contributed by atoms with E-state index in [1.807, 2.05) is 86.6 Å². The Morgan fingerprint density at radius 2 is 1.66 bits per heavy atom. The highest BCUT2D eigenvalue weighted by atomic mass is 16.2. The number of nitrogens with one attached hydrogen (secondary N) is 1. The Kier molecular flexibility index (Phi) is 7.26. The molecule has 35 heavy (non-hydrogen) atoms. The second-order valence-corrected chi connectivity index (χ2v) is 8.64. The molecule has 182 valence electrons. The van der Waals surface area contributed by atoms with Gasteiger partial charge in [0.2, 0.25) is 5.91 Å². The van der Waals surface area contributed by atoms with Crippen LogP contribution >= 0.6 is 0 Å². The lowest BCUT2D eigenvalue weighted by Gasteiger charge is -2.25. The highest BCUT2D eigenvalue weighted by Crippen LogP contribution is 2.16. The van der Waals surface area contributed by atoms with Gasteiger partial charge in [0.1, 0.15) is 6.54 Å². The molecule has 9 heteroatoms. The van der Waals surface area contributed by atoms with E-state index >= 15 is 0 Å². The molecule has 0 aliphatic rings. The van der Waals surface area contributed by atoms with Gasteiger partial charge in [-0.2, -0.15) is 0 Å². The third kappa shape index (κ3) is 5.09. The summed E-state index contributed by atoms with van der Waals surface area (Å²) in [5.41, 5.74) is 1.51. The fourth-order valence-corrected chi connectivity index (χ4v) is 4.21. The molecule has 0 aliphatic carbocycles. The normalized spacial score (nSPS) is 12.2. The molecule has 1 atom stereocenters. The number of nitrogens with zero attached hydrogens (tertiary/aromatic N) is 5. The zero-order valence-corrected chi connectivity index (χ0v) is 20.2. The number of amides is 1. The van der Waals surface area contributed by atoms with Crippen molar-refractivity contribution in [3.63, 3.8) is 0 Å². The zero-order valence-electron chi connectivity index (χ0n) is 20.2. The van der Waals surface area contributed by atoms with Crippen molar-refractivity contribution in [3.8, 4) is 0 Å². The average Bonchev–Trinajstić information content (AvgIpc) is 3.30. The van der Waals surface area contributed by atoms with Crippen LogP contribution in [0.25, 0.3) is 11.2 Å². The SMILES string of the molecule is CCn1cnc2c1c(=O)n(CC(=O)NC[C@@H](c1ccccc1)N(C)C)c(=O)n2Cc1ccccc1. The number of hydrogen-bond donors (Lipinski definition) is 1. The topological polar surface area (TPSA) is 94.2 Å². The van der Waals surface area contributed by atoms with Gasteiger partial charge in [0.05, 0.1) is 18.9 Å². The second kappa shape index (κ2) is 10.5. The van der Waals surface area contributed by atoms with Crippen LogP contribution in [0.3, 0.4) is 0 Å². The fourth-order valence-electron chi connectivity index (χ4n) is 4.21. The van der Waals surface area contributed by atoms with Gasteiger partial charge < -0.3 is 14.8 Å². The van der Waals surface area contributed by atoms with Crippen molar-refractivity contribution in [2.24, 2.45) is 0 Å². The van der Waals surface area contributed by atoms with Gasteiger partial charge in [-0.05, 0) is 32.1 Å². The van der Waals surface area contributed by atoms with Crippen molar-refractivity contribution in [3.05, 3.63) is 99.0 Å². The van der Waals surface area contributed by atoms with Crippen molar-refractivity contribution in [2.75, 3.05) is 20.6 Å². The van der Waals surface area contributed by atoms with Crippen LogP contribution in [0.1, 0.15) is 24.1 Å². The molecule has 4 aromatic rings. The number of carbonyl (C=O) groups is 1. The maximum Gasteiger partial charge on any atom is 0.333 e. The molecule has 2 aromatic carbocycles. The minimum Gasteiger partial charge on any atom is -0.353 e. The standard InChI is InChI=1S/C26H30N6O3/c1-4-30-18-28-24-23(30)25(34)32(26(35)31(24)16-19-11-7-5-8-12-19)17-22(33)27-15-21(29(2)3)20-13-9-6-10-14-20/h5-14,18,21H,4,15-17H2,1-3H3,(H,27,33)/t21-/m0/s1.